The third-order valence-corrected chi connectivity index (χ3v) is 4.03. The van der Waals surface area contributed by atoms with Crippen LogP contribution in [0.3, 0.4) is 0 Å². The molecule has 0 bridgehead atoms. The molecular weight excluding hydrogens is 334 g/mol. The van der Waals surface area contributed by atoms with Crippen LogP contribution in [0.15, 0.2) is 12.1 Å². The Kier molecular flexibility index (Phi) is 7.59. The largest absolute Gasteiger partial charge is 0.493 e. The van der Waals surface area contributed by atoms with Gasteiger partial charge in [-0.05, 0) is 23.6 Å². The van der Waals surface area contributed by atoms with Gasteiger partial charge in [0, 0.05) is 25.7 Å². The van der Waals surface area contributed by atoms with E-state index in [4.69, 9.17) is 25.7 Å². The lowest BCUT2D eigenvalue weighted by Crippen LogP contribution is -2.28. The molecule has 1 aromatic rings. The summed E-state index contributed by atoms with van der Waals surface area (Å²) < 4.78 is 16.1. The molecule has 1 aliphatic rings. The molecule has 2 atom stereocenters. The van der Waals surface area contributed by atoms with Crippen LogP contribution in [0.5, 0.6) is 17.2 Å². The van der Waals surface area contributed by atoms with E-state index in [9.17, 15) is 4.79 Å². The summed E-state index contributed by atoms with van der Waals surface area (Å²) in [5.74, 6) is 1.33. The molecule has 8 heteroatoms. The fourth-order valence-electron chi connectivity index (χ4n) is 2.79. The van der Waals surface area contributed by atoms with Crippen molar-refractivity contribution in [1.82, 2.24) is 4.90 Å². The van der Waals surface area contributed by atoms with Crippen molar-refractivity contribution in [2.24, 2.45) is 17.4 Å². The molecule has 0 spiro atoms. The zero-order chi connectivity index (χ0) is 17.0. The van der Waals surface area contributed by atoms with Crippen LogP contribution in [0.25, 0.3) is 0 Å². The first-order chi connectivity index (χ1) is 10.9. The molecule has 0 radical (unpaired) electrons. The third-order valence-electron chi connectivity index (χ3n) is 4.03. The Hall–Kier alpha value is -1.70. The van der Waals surface area contributed by atoms with Gasteiger partial charge in [0.15, 0.2) is 18.1 Å². The van der Waals surface area contributed by atoms with Crippen LogP contribution in [0.1, 0.15) is 12.5 Å². The maximum Gasteiger partial charge on any atom is 0.255 e. The van der Waals surface area contributed by atoms with E-state index in [-0.39, 0.29) is 25.1 Å². The second kappa shape index (κ2) is 8.96. The zero-order valence-electron chi connectivity index (χ0n) is 14.3. The molecule has 1 fully saturated rings. The quantitative estimate of drug-likeness (QED) is 0.745. The first-order valence-corrected chi connectivity index (χ1v) is 7.58. The summed E-state index contributed by atoms with van der Waals surface area (Å²) in [5, 5.41) is 0. The minimum Gasteiger partial charge on any atom is -0.493 e. The van der Waals surface area contributed by atoms with Crippen molar-refractivity contribution < 1.29 is 19.0 Å². The summed E-state index contributed by atoms with van der Waals surface area (Å²) in [6.07, 6.45) is 0. The molecule has 7 nitrogen and oxygen atoms in total. The average molecular weight is 360 g/mol. The molecule has 1 aliphatic heterocycles. The van der Waals surface area contributed by atoms with Crippen molar-refractivity contribution in [2.45, 2.75) is 19.5 Å². The minimum absolute atomic E-state index is 0. The summed E-state index contributed by atoms with van der Waals surface area (Å²) in [6, 6.07) is 3.97. The molecular formula is C16H26ClN3O4. The number of benzene rings is 1. The monoisotopic (exact) mass is 359 g/mol. The van der Waals surface area contributed by atoms with Crippen LogP contribution in [0.4, 0.5) is 0 Å². The van der Waals surface area contributed by atoms with E-state index >= 15 is 0 Å². The fraction of sp³-hybridized carbons (Fsp3) is 0.562. The topological polar surface area (TPSA) is 100 Å². The van der Waals surface area contributed by atoms with Crippen molar-refractivity contribution in [1.29, 1.82) is 0 Å². The maximum absolute atomic E-state index is 10.9. The van der Waals surface area contributed by atoms with Crippen LogP contribution < -0.4 is 25.7 Å². The first-order valence-electron chi connectivity index (χ1n) is 7.58. The Morgan fingerprint density at radius 2 is 1.83 bits per heavy atom. The smallest absolute Gasteiger partial charge is 0.255 e. The van der Waals surface area contributed by atoms with Gasteiger partial charge in [0.05, 0.1) is 14.2 Å². The van der Waals surface area contributed by atoms with Gasteiger partial charge in [-0.1, -0.05) is 6.92 Å². The molecule has 1 saturated heterocycles. The van der Waals surface area contributed by atoms with Gasteiger partial charge in [0.1, 0.15) is 0 Å². The van der Waals surface area contributed by atoms with Crippen LogP contribution >= 0.6 is 12.4 Å². The zero-order valence-corrected chi connectivity index (χ0v) is 15.1. The summed E-state index contributed by atoms with van der Waals surface area (Å²) in [5.41, 5.74) is 12.2. The summed E-state index contributed by atoms with van der Waals surface area (Å²) in [6.45, 7) is 4.51. The van der Waals surface area contributed by atoms with Gasteiger partial charge in [-0.15, -0.1) is 12.4 Å². The number of nitrogens with two attached hydrogens (primary N) is 2. The first kappa shape index (κ1) is 20.3. The Morgan fingerprint density at radius 1 is 1.25 bits per heavy atom. The highest BCUT2D eigenvalue weighted by molar-refractivity contribution is 5.85. The number of likely N-dealkylation sites (tertiary alicyclic amines) is 1. The van der Waals surface area contributed by atoms with Crippen LogP contribution in [0, 0.1) is 5.92 Å². The number of rotatable bonds is 7. The number of hydrogen-bond acceptors (Lipinski definition) is 6. The second-order valence-corrected chi connectivity index (χ2v) is 5.92. The van der Waals surface area contributed by atoms with Gasteiger partial charge in [-0.3, -0.25) is 9.69 Å². The van der Waals surface area contributed by atoms with E-state index in [0.29, 0.717) is 23.2 Å². The lowest BCUT2D eigenvalue weighted by atomic mass is 10.1. The molecule has 1 heterocycles. The van der Waals surface area contributed by atoms with Gasteiger partial charge in [0.2, 0.25) is 5.75 Å². The number of amides is 1. The van der Waals surface area contributed by atoms with Crippen molar-refractivity contribution in [2.75, 3.05) is 33.9 Å². The SMILES string of the molecule is COc1cc(CN2CC(C)C(N)C2)cc(OC)c1OCC(N)=O.Cl. The molecule has 1 aromatic carbocycles. The second-order valence-electron chi connectivity index (χ2n) is 5.92. The van der Waals surface area contributed by atoms with Gasteiger partial charge < -0.3 is 25.7 Å². The predicted molar refractivity (Wildman–Crippen MR) is 93.9 cm³/mol. The maximum atomic E-state index is 10.9. The van der Waals surface area contributed by atoms with Crippen molar-refractivity contribution in [3.8, 4) is 17.2 Å². The van der Waals surface area contributed by atoms with E-state index < -0.39 is 5.91 Å². The molecule has 0 aliphatic carbocycles. The standard InChI is InChI=1S/C16H25N3O4.ClH/c1-10-6-19(8-12(10)17)7-11-4-13(21-2)16(14(5-11)22-3)23-9-15(18)20;/h4-5,10,12H,6-9,17H2,1-3H3,(H2,18,20);1H. The summed E-state index contributed by atoms with van der Waals surface area (Å²) >= 11 is 0. The molecule has 0 saturated carbocycles. The van der Waals surface area contributed by atoms with E-state index in [1.165, 1.54) is 0 Å². The van der Waals surface area contributed by atoms with E-state index in [0.717, 1.165) is 25.2 Å². The highest BCUT2D eigenvalue weighted by Crippen LogP contribution is 2.39. The highest BCUT2D eigenvalue weighted by atomic mass is 35.5. The average Bonchev–Trinajstić information content (AvgIpc) is 2.82. The normalized spacial score (nSPS) is 20.3. The molecule has 0 aromatic heterocycles. The summed E-state index contributed by atoms with van der Waals surface area (Å²) in [7, 11) is 3.09. The number of primary amides is 1. The summed E-state index contributed by atoms with van der Waals surface area (Å²) in [4.78, 5) is 13.2. The number of halogens is 1. The number of carbonyl (C=O) groups excluding carboxylic acids is 1. The lowest BCUT2D eigenvalue weighted by Gasteiger charge is -2.19. The van der Waals surface area contributed by atoms with Crippen LogP contribution in [-0.4, -0.2) is 50.8 Å². The van der Waals surface area contributed by atoms with Gasteiger partial charge in [-0.2, -0.15) is 0 Å². The van der Waals surface area contributed by atoms with E-state index in [2.05, 4.69) is 11.8 Å². The van der Waals surface area contributed by atoms with Crippen LogP contribution in [0.2, 0.25) is 0 Å². The van der Waals surface area contributed by atoms with E-state index in [1.807, 2.05) is 12.1 Å². The number of nitrogens with zero attached hydrogens (tertiary/aromatic N) is 1. The van der Waals surface area contributed by atoms with Crippen LogP contribution in [-0.2, 0) is 11.3 Å². The lowest BCUT2D eigenvalue weighted by molar-refractivity contribution is -0.119. The highest BCUT2D eigenvalue weighted by Gasteiger charge is 2.27. The van der Waals surface area contributed by atoms with Gasteiger partial charge >= 0.3 is 0 Å². The Bertz CT molecular complexity index is 535. The Labute approximate surface area is 148 Å². The number of hydrogen-bond donors (Lipinski definition) is 2. The molecule has 4 N–H and O–H groups in total. The Morgan fingerprint density at radius 3 is 2.25 bits per heavy atom. The third kappa shape index (κ3) is 4.90. The molecule has 2 unspecified atom stereocenters. The molecule has 24 heavy (non-hydrogen) atoms. The number of methoxy groups -OCH3 is 2. The van der Waals surface area contributed by atoms with Gasteiger partial charge in [0.25, 0.3) is 5.91 Å². The van der Waals surface area contributed by atoms with Gasteiger partial charge in [-0.25, -0.2) is 0 Å². The fourth-order valence-corrected chi connectivity index (χ4v) is 2.79. The van der Waals surface area contributed by atoms with Crippen molar-refractivity contribution in [3.63, 3.8) is 0 Å². The number of carbonyl (C=O) groups is 1. The predicted octanol–water partition coefficient (Wildman–Crippen LogP) is 0.769. The Balaban J connectivity index is 0.00000288. The van der Waals surface area contributed by atoms with Crippen molar-refractivity contribution >= 4 is 18.3 Å². The minimum atomic E-state index is -0.557. The van der Waals surface area contributed by atoms with Crippen molar-refractivity contribution in [3.05, 3.63) is 17.7 Å². The van der Waals surface area contributed by atoms with E-state index in [1.54, 1.807) is 14.2 Å². The number of ether oxygens (including phenoxy) is 3. The molecule has 136 valence electrons. The molecule has 1 amide bonds. The molecule has 2 rings (SSSR count).